The molecule has 2 rings (SSSR count). The number of nitrogens with one attached hydrogen (secondary N) is 1. The van der Waals surface area contributed by atoms with Crippen LogP contribution in [0.25, 0.3) is 0 Å². The molecule has 1 N–H and O–H groups in total. The molecule has 1 aromatic carbocycles. The zero-order valence-corrected chi connectivity index (χ0v) is 12.2. The van der Waals surface area contributed by atoms with Crippen LogP contribution in [0, 0.1) is 17.7 Å². The molecule has 0 amide bonds. The van der Waals surface area contributed by atoms with Gasteiger partial charge < -0.3 is 5.32 Å². The van der Waals surface area contributed by atoms with Crippen LogP contribution in [0.4, 0.5) is 4.39 Å². The van der Waals surface area contributed by atoms with E-state index < -0.39 is 0 Å². The highest BCUT2D eigenvalue weighted by atomic mass is 19.1. The van der Waals surface area contributed by atoms with Gasteiger partial charge in [-0.05, 0) is 55.3 Å². The fourth-order valence-corrected chi connectivity index (χ4v) is 3.31. The third-order valence-electron chi connectivity index (χ3n) is 4.47. The highest BCUT2D eigenvalue weighted by Crippen LogP contribution is 2.40. The third-order valence-corrected chi connectivity index (χ3v) is 4.47. The van der Waals surface area contributed by atoms with E-state index in [-0.39, 0.29) is 5.82 Å². The second-order valence-electron chi connectivity index (χ2n) is 5.83. The van der Waals surface area contributed by atoms with E-state index in [1.807, 2.05) is 12.1 Å². The molecule has 0 bridgehead atoms. The molecule has 3 atom stereocenters. The van der Waals surface area contributed by atoms with Crippen LogP contribution in [0.1, 0.15) is 57.6 Å². The van der Waals surface area contributed by atoms with Gasteiger partial charge in [-0.15, -0.1) is 0 Å². The van der Waals surface area contributed by atoms with E-state index in [9.17, 15) is 4.39 Å². The second-order valence-corrected chi connectivity index (χ2v) is 5.83. The summed E-state index contributed by atoms with van der Waals surface area (Å²) in [6.07, 6.45) is 6.40. The molecule has 1 saturated carbocycles. The number of hydrogen-bond acceptors (Lipinski definition) is 1. The summed E-state index contributed by atoms with van der Waals surface area (Å²) in [5.41, 5.74) is 1.25. The molecule has 1 nitrogen and oxygen atoms in total. The van der Waals surface area contributed by atoms with Crippen molar-refractivity contribution < 1.29 is 4.39 Å². The average molecular weight is 263 g/mol. The van der Waals surface area contributed by atoms with E-state index in [2.05, 4.69) is 19.2 Å². The van der Waals surface area contributed by atoms with Crippen LogP contribution in [0.15, 0.2) is 24.3 Å². The lowest BCUT2D eigenvalue weighted by Gasteiger charge is -2.25. The maximum absolute atomic E-state index is 13.1. The monoisotopic (exact) mass is 263 g/mol. The van der Waals surface area contributed by atoms with E-state index >= 15 is 0 Å². The molecule has 1 aliphatic rings. The zero-order chi connectivity index (χ0) is 13.7. The quantitative estimate of drug-likeness (QED) is 0.785. The van der Waals surface area contributed by atoms with Crippen molar-refractivity contribution in [3.8, 4) is 0 Å². The smallest absolute Gasteiger partial charge is 0.123 e. The Morgan fingerprint density at radius 3 is 2.53 bits per heavy atom. The molecule has 0 heterocycles. The van der Waals surface area contributed by atoms with Gasteiger partial charge in [0.15, 0.2) is 0 Å². The summed E-state index contributed by atoms with van der Waals surface area (Å²) in [5.74, 6) is 1.45. The van der Waals surface area contributed by atoms with Crippen LogP contribution in [0.3, 0.4) is 0 Å². The Morgan fingerprint density at radius 1 is 1.21 bits per heavy atom. The highest BCUT2D eigenvalue weighted by Gasteiger charge is 2.30. The molecule has 0 aliphatic heterocycles. The fourth-order valence-electron chi connectivity index (χ4n) is 3.31. The van der Waals surface area contributed by atoms with Gasteiger partial charge in [-0.25, -0.2) is 4.39 Å². The van der Waals surface area contributed by atoms with Gasteiger partial charge in [0, 0.05) is 6.04 Å². The molecule has 0 aromatic heterocycles. The summed E-state index contributed by atoms with van der Waals surface area (Å²) in [7, 11) is 0. The minimum Gasteiger partial charge on any atom is -0.310 e. The van der Waals surface area contributed by atoms with Gasteiger partial charge in [0.05, 0.1) is 0 Å². The topological polar surface area (TPSA) is 12.0 Å². The van der Waals surface area contributed by atoms with Crippen LogP contribution >= 0.6 is 0 Å². The predicted molar refractivity (Wildman–Crippen MR) is 78.6 cm³/mol. The van der Waals surface area contributed by atoms with E-state index in [1.165, 1.54) is 31.2 Å². The van der Waals surface area contributed by atoms with Crippen molar-refractivity contribution >= 4 is 0 Å². The lowest BCUT2D eigenvalue weighted by Crippen LogP contribution is -2.28. The van der Waals surface area contributed by atoms with Crippen LogP contribution in [-0.4, -0.2) is 6.54 Å². The van der Waals surface area contributed by atoms with Gasteiger partial charge in [-0.3, -0.25) is 0 Å². The van der Waals surface area contributed by atoms with E-state index in [4.69, 9.17) is 0 Å². The van der Waals surface area contributed by atoms with Gasteiger partial charge in [-0.2, -0.15) is 0 Å². The predicted octanol–water partition coefficient (Wildman–Crippen LogP) is 4.69. The molecular weight excluding hydrogens is 237 g/mol. The largest absolute Gasteiger partial charge is 0.310 e. The molecule has 19 heavy (non-hydrogen) atoms. The summed E-state index contributed by atoms with van der Waals surface area (Å²) in [4.78, 5) is 0. The molecule has 0 radical (unpaired) electrons. The van der Waals surface area contributed by atoms with Crippen molar-refractivity contribution in [3.63, 3.8) is 0 Å². The Morgan fingerprint density at radius 2 is 1.95 bits per heavy atom. The Balaban J connectivity index is 2.09. The van der Waals surface area contributed by atoms with Crippen molar-refractivity contribution in [2.45, 2.75) is 52.0 Å². The van der Waals surface area contributed by atoms with Gasteiger partial charge in [0.25, 0.3) is 0 Å². The summed E-state index contributed by atoms with van der Waals surface area (Å²) >= 11 is 0. The summed E-state index contributed by atoms with van der Waals surface area (Å²) in [6.45, 7) is 5.52. The number of hydrogen-bond donors (Lipinski definition) is 1. The lowest BCUT2D eigenvalue weighted by molar-refractivity contribution is 0.353. The second kappa shape index (κ2) is 7.04. The third kappa shape index (κ3) is 3.79. The number of rotatable bonds is 6. The van der Waals surface area contributed by atoms with Crippen LogP contribution in [0.2, 0.25) is 0 Å². The highest BCUT2D eigenvalue weighted by molar-refractivity contribution is 5.21. The number of benzene rings is 1. The normalized spacial score (nSPS) is 24.6. The first-order valence-electron chi connectivity index (χ1n) is 7.73. The first kappa shape index (κ1) is 14.5. The summed E-state index contributed by atoms with van der Waals surface area (Å²) in [6, 6.07) is 7.46. The summed E-state index contributed by atoms with van der Waals surface area (Å²) < 4.78 is 13.1. The maximum atomic E-state index is 13.1. The maximum Gasteiger partial charge on any atom is 0.123 e. The Bertz CT molecular complexity index is 373. The molecule has 0 saturated heterocycles. The van der Waals surface area contributed by atoms with Gasteiger partial charge >= 0.3 is 0 Å². The van der Waals surface area contributed by atoms with Crippen molar-refractivity contribution in [1.29, 1.82) is 0 Å². The number of halogens is 1. The Hall–Kier alpha value is -0.890. The van der Waals surface area contributed by atoms with Crippen molar-refractivity contribution in [2.75, 3.05) is 6.54 Å². The fraction of sp³-hybridized carbons (Fsp3) is 0.647. The van der Waals surface area contributed by atoms with Crippen LogP contribution in [-0.2, 0) is 0 Å². The van der Waals surface area contributed by atoms with Gasteiger partial charge in [0.1, 0.15) is 5.82 Å². The lowest BCUT2D eigenvalue weighted by atomic mass is 9.90. The minimum absolute atomic E-state index is 0.143. The molecule has 2 heteroatoms. The van der Waals surface area contributed by atoms with Crippen LogP contribution < -0.4 is 5.32 Å². The standard InChI is InChI=1S/C17H26FN/c1-3-11-19-17(14-7-9-16(18)10-8-14)15-6-5-13(4-2)12-15/h7-10,13,15,17,19H,3-6,11-12H2,1-2H3. The minimum atomic E-state index is -0.143. The summed E-state index contributed by atoms with van der Waals surface area (Å²) in [5, 5.41) is 3.67. The van der Waals surface area contributed by atoms with E-state index in [0.29, 0.717) is 12.0 Å². The van der Waals surface area contributed by atoms with Gasteiger partial charge in [-0.1, -0.05) is 38.8 Å². The van der Waals surface area contributed by atoms with Gasteiger partial charge in [0.2, 0.25) is 0 Å². The van der Waals surface area contributed by atoms with Crippen molar-refractivity contribution in [2.24, 2.45) is 11.8 Å². The van der Waals surface area contributed by atoms with Crippen molar-refractivity contribution in [3.05, 3.63) is 35.6 Å². The van der Waals surface area contributed by atoms with E-state index in [0.717, 1.165) is 18.9 Å². The first-order valence-corrected chi connectivity index (χ1v) is 7.73. The van der Waals surface area contributed by atoms with Crippen LogP contribution in [0.5, 0.6) is 0 Å². The molecule has 1 fully saturated rings. The Kier molecular flexibility index (Phi) is 5.38. The Labute approximate surface area is 116 Å². The first-order chi connectivity index (χ1) is 9.24. The molecule has 3 unspecified atom stereocenters. The van der Waals surface area contributed by atoms with E-state index in [1.54, 1.807) is 12.1 Å². The molecule has 106 valence electrons. The molecule has 1 aromatic rings. The van der Waals surface area contributed by atoms with Crippen molar-refractivity contribution in [1.82, 2.24) is 5.32 Å². The molecule has 1 aliphatic carbocycles. The average Bonchev–Trinajstić information content (AvgIpc) is 2.90. The molecule has 0 spiro atoms. The SMILES string of the molecule is CCCNC(c1ccc(F)cc1)C1CCC(CC)C1. The zero-order valence-electron chi connectivity index (χ0n) is 12.2. The molecular formula is C17H26FN.